The normalized spacial score (nSPS) is 12.2. The molecule has 1 unspecified atom stereocenters. The second-order valence-corrected chi connectivity index (χ2v) is 5.31. The zero-order valence-electron chi connectivity index (χ0n) is 12.5. The van der Waals surface area contributed by atoms with Gasteiger partial charge in [-0.1, -0.05) is 51.2 Å². The van der Waals surface area contributed by atoms with E-state index in [0.717, 1.165) is 12.1 Å². The molecule has 0 saturated carbocycles. The molecule has 1 atom stereocenters. The molecule has 3 heteroatoms. The van der Waals surface area contributed by atoms with Crippen LogP contribution in [0.5, 0.6) is 0 Å². The molecule has 1 aromatic rings. The molecule has 0 saturated heterocycles. The van der Waals surface area contributed by atoms with Gasteiger partial charge in [0.05, 0.1) is 6.04 Å². The summed E-state index contributed by atoms with van der Waals surface area (Å²) in [6.07, 6.45) is 8.83. The Bertz CT molecular complexity index is 402. The number of amides is 1. The van der Waals surface area contributed by atoms with Gasteiger partial charge in [0.1, 0.15) is 0 Å². The lowest BCUT2D eigenvalue weighted by molar-refractivity contribution is -0.116. The van der Waals surface area contributed by atoms with Crippen molar-refractivity contribution < 1.29 is 4.79 Å². The monoisotopic (exact) mass is 275 g/mol. The number of anilines is 1. The lowest BCUT2D eigenvalue weighted by Gasteiger charge is -2.09. The molecule has 111 valence electrons. The van der Waals surface area contributed by atoms with E-state index in [-0.39, 0.29) is 5.91 Å². The number of nitrogens with two attached hydrogens (primary N) is 1. The summed E-state index contributed by atoms with van der Waals surface area (Å²) in [6.45, 7) is 5.74. The van der Waals surface area contributed by atoms with Crippen molar-refractivity contribution in [3.63, 3.8) is 0 Å². The molecule has 0 bridgehead atoms. The number of benzene rings is 1. The lowest BCUT2D eigenvalue weighted by atomic mass is 10.0. The molecule has 3 N–H and O–H groups in total. The first-order chi connectivity index (χ1) is 9.63. The third-order valence-electron chi connectivity index (χ3n) is 3.35. The van der Waals surface area contributed by atoms with E-state index in [1.807, 2.05) is 18.2 Å². The van der Waals surface area contributed by atoms with Gasteiger partial charge in [-0.25, -0.2) is 0 Å². The van der Waals surface area contributed by atoms with E-state index in [0.29, 0.717) is 0 Å². The van der Waals surface area contributed by atoms with E-state index in [1.54, 1.807) is 0 Å². The van der Waals surface area contributed by atoms with Gasteiger partial charge in [-0.05, 0) is 37.5 Å². The second-order valence-electron chi connectivity index (χ2n) is 5.31. The molecule has 0 aliphatic carbocycles. The maximum Gasteiger partial charge on any atom is 0.241 e. The summed E-state index contributed by atoms with van der Waals surface area (Å²) in [5.41, 5.74) is 7.50. The van der Waals surface area contributed by atoms with Gasteiger partial charge in [-0.3, -0.25) is 4.79 Å². The fraction of sp³-hybridized carbons (Fsp3) is 0.529. The topological polar surface area (TPSA) is 55.1 Å². The Kier molecular flexibility index (Phi) is 7.97. The molecular formula is C17H27N2O. The molecule has 0 spiro atoms. The molecule has 1 amide bonds. The van der Waals surface area contributed by atoms with Crippen LogP contribution in [0, 0.1) is 6.92 Å². The van der Waals surface area contributed by atoms with Crippen LogP contribution in [0.2, 0.25) is 0 Å². The van der Waals surface area contributed by atoms with Crippen molar-refractivity contribution in [3.05, 3.63) is 36.8 Å². The summed E-state index contributed by atoms with van der Waals surface area (Å²) in [6, 6.07) is 7.25. The smallest absolute Gasteiger partial charge is 0.241 e. The number of carbonyl (C=O) groups is 1. The van der Waals surface area contributed by atoms with Crippen LogP contribution in [-0.2, 0) is 11.2 Å². The van der Waals surface area contributed by atoms with Gasteiger partial charge in [-0.2, -0.15) is 0 Å². The van der Waals surface area contributed by atoms with Crippen LogP contribution in [0.4, 0.5) is 5.69 Å². The van der Waals surface area contributed by atoms with Crippen LogP contribution < -0.4 is 11.1 Å². The maximum atomic E-state index is 11.5. The Balaban J connectivity index is 2.34. The van der Waals surface area contributed by atoms with E-state index in [1.165, 1.54) is 44.1 Å². The van der Waals surface area contributed by atoms with Gasteiger partial charge >= 0.3 is 0 Å². The highest BCUT2D eigenvalue weighted by molar-refractivity contribution is 5.95. The Morgan fingerprint density at radius 1 is 1.25 bits per heavy atom. The van der Waals surface area contributed by atoms with Crippen LogP contribution in [-0.4, -0.2) is 11.9 Å². The number of aryl methyl sites for hydroxylation is 1. The first-order valence-corrected chi connectivity index (χ1v) is 7.62. The second kappa shape index (κ2) is 9.54. The number of unbranched alkanes of at least 4 members (excludes halogenated alkanes) is 5. The van der Waals surface area contributed by atoms with Crippen LogP contribution in [0.1, 0.15) is 51.0 Å². The van der Waals surface area contributed by atoms with Gasteiger partial charge in [0, 0.05) is 5.69 Å². The molecular weight excluding hydrogens is 248 g/mol. The van der Waals surface area contributed by atoms with Crippen molar-refractivity contribution in [1.82, 2.24) is 0 Å². The predicted molar refractivity (Wildman–Crippen MR) is 85.5 cm³/mol. The van der Waals surface area contributed by atoms with E-state index >= 15 is 0 Å². The largest absolute Gasteiger partial charge is 0.325 e. The zero-order valence-corrected chi connectivity index (χ0v) is 12.5. The van der Waals surface area contributed by atoms with Crippen molar-refractivity contribution in [3.8, 4) is 0 Å². The third kappa shape index (κ3) is 6.71. The summed E-state index contributed by atoms with van der Waals surface area (Å²) in [7, 11) is 0. The molecule has 0 aliphatic heterocycles. The van der Waals surface area contributed by atoms with Crippen molar-refractivity contribution in [1.29, 1.82) is 0 Å². The van der Waals surface area contributed by atoms with E-state index in [2.05, 4.69) is 25.2 Å². The minimum atomic E-state index is -0.725. The summed E-state index contributed by atoms with van der Waals surface area (Å²) in [4.78, 5) is 11.5. The Morgan fingerprint density at radius 2 is 1.95 bits per heavy atom. The van der Waals surface area contributed by atoms with E-state index in [4.69, 9.17) is 5.73 Å². The number of carbonyl (C=O) groups excluding carboxylic acids is 1. The average molecular weight is 275 g/mol. The Labute approximate surface area is 122 Å². The highest BCUT2D eigenvalue weighted by Gasteiger charge is 2.07. The van der Waals surface area contributed by atoms with Crippen LogP contribution in [0.15, 0.2) is 24.3 Å². The van der Waals surface area contributed by atoms with Gasteiger partial charge in [0.25, 0.3) is 0 Å². The number of hydrogen-bond donors (Lipinski definition) is 2. The van der Waals surface area contributed by atoms with Gasteiger partial charge < -0.3 is 11.1 Å². The number of rotatable bonds is 9. The van der Waals surface area contributed by atoms with E-state index < -0.39 is 6.04 Å². The minimum Gasteiger partial charge on any atom is -0.325 e. The van der Waals surface area contributed by atoms with Crippen molar-refractivity contribution in [2.45, 2.75) is 57.9 Å². The van der Waals surface area contributed by atoms with Crippen LogP contribution >= 0.6 is 0 Å². The molecule has 0 aliphatic rings. The van der Waals surface area contributed by atoms with Crippen LogP contribution in [0.25, 0.3) is 0 Å². The molecule has 1 radical (unpaired) electrons. The van der Waals surface area contributed by atoms with Gasteiger partial charge in [-0.15, -0.1) is 0 Å². The molecule has 20 heavy (non-hydrogen) atoms. The first kappa shape index (κ1) is 16.7. The number of nitrogens with one attached hydrogen (secondary N) is 1. The highest BCUT2D eigenvalue weighted by atomic mass is 16.2. The molecule has 0 fully saturated rings. The third-order valence-corrected chi connectivity index (χ3v) is 3.35. The SMILES string of the molecule is [CH2]C(N)C(=O)Nc1cccc(CCCCCCCC)c1. The maximum absolute atomic E-state index is 11.5. The fourth-order valence-corrected chi connectivity index (χ4v) is 2.15. The molecule has 3 nitrogen and oxygen atoms in total. The Hall–Kier alpha value is -1.35. The molecule has 0 aromatic heterocycles. The first-order valence-electron chi connectivity index (χ1n) is 7.62. The van der Waals surface area contributed by atoms with Crippen molar-refractivity contribution in [2.24, 2.45) is 5.73 Å². The predicted octanol–water partition coefficient (Wildman–Crippen LogP) is 3.69. The minimum absolute atomic E-state index is 0.248. The summed E-state index contributed by atoms with van der Waals surface area (Å²) < 4.78 is 0. The molecule has 0 heterocycles. The molecule has 1 aromatic carbocycles. The van der Waals surface area contributed by atoms with Gasteiger partial charge in [0.15, 0.2) is 0 Å². The van der Waals surface area contributed by atoms with Gasteiger partial charge in [0.2, 0.25) is 5.91 Å². The molecule has 1 rings (SSSR count). The standard InChI is InChI=1S/C17H27N2O/c1-3-4-5-6-7-8-10-15-11-9-12-16(13-15)19-17(20)14(2)18/h9,11-14H,2-8,10,18H2,1H3,(H,19,20). The lowest BCUT2D eigenvalue weighted by Crippen LogP contribution is -2.32. The number of hydrogen-bond acceptors (Lipinski definition) is 2. The quantitative estimate of drug-likeness (QED) is 0.675. The summed E-state index contributed by atoms with van der Waals surface area (Å²) in [5.74, 6) is -0.248. The van der Waals surface area contributed by atoms with Crippen molar-refractivity contribution >= 4 is 11.6 Å². The highest BCUT2D eigenvalue weighted by Crippen LogP contribution is 2.14. The Morgan fingerprint density at radius 3 is 2.65 bits per heavy atom. The average Bonchev–Trinajstić information content (AvgIpc) is 2.43. The zero-order chi connectivity index (χ0) is 14.8. The van der Waals surface area contributed by atoms with E-state index in [9.17, 15) is 4.79 Å². The van der Waals surface area contributed by atoms with Crippen LogP contribution in [0.3, 0.4) is 0 Å². The fourth-order valence-electron chi connectivity index (χ4n) is 2.15. The van der Waals surface area contributed by atoms with Crippen molar-refractivity contribution in [2.75, 3.05) is 5.32 Å². The summed E-state index contributed by atoms with van der Waals surface area (Å²) >= 11 is 0. The summed E-state index contributed by atoms with van der Waals surface area (Å²) in [5, 5.41) is 2.77.